The molecule has 1 aliphatic carbocycles. The summed E-state index contributed by atoms with van der Waals surface area (Å²) in [5, 5.41) is 6.85. The molecule has 2 N–H and O–H groups in total. The van der Waals surface area contributed by atoms with E-state index in [0.717, 1.165) is 62.5 Å². The lowest BCUT2D eigenvalue weighted by Crippen LogP contribution is -2.42. The molecule has 2 aliphatic rings. The van der Waals surface area contributed by atoms with Crippen molar-refractivity contribution in [2.24, 2.45) is 10.9 Å². The van der Waals surface area contributed by atoms with E-state index in [4.69, 9.17) is 9.73 Å². The molecule has 1 aromatic rings. The van der Waals surface area contributed by atoms with E-state index in [-0.39, 0.29) is 0 Å². The molecule has 1 aliphatic heterocycles. The second kappa shape index (κ2) is 11.3. The van der Waals surface area contributed by atoms with Crippen molar-refractivity contribution in [2.45, 2.75) is 32.7 Å². The van der Waals surface area contributed by atoms with Gasteiger partial charge >= 0.3 is 0 Å². The molecule has 2 fully saturated rings. The summed E-state index contributed by atoms with van der Waals surface area (Å²) in [4.78, 5) is 9.75. The van der Waals surface area contributed by atoms with E-state index in [2.05, 4.69) is 52.6 Å². The molecule has 0 amide bonds. The van der Waals surface area contributed by atoms with E-state index in [1.807, 2.05) is 6.07 Å². The number of para-hydroxylation sites is 1. The van der Waals surface area contributed by atoms with Gasteiger partial charge in [-0.3, -0.25) is 0 Å². The third-order valence-corrected chi connectivity index (χ3v) is 5.43. The number of aliphatic imine (C=N–C) groups is 1. The van der Waals surface area contributed by atoms with E-state index in [9.17, 15) is 0 Å². The van der Waals surface area contributed by atoms with Crippen LogP contribution < -0.4 is 15.4 Å². The molecule has 1 saturated heterocycles. The minimum absolute atomic E-state index is 0.630. The number of nitrogens with zero attached hydrogens (tertiary/aromatic N) is 3. The van der Waals surface area contributed by atoms with Crippen molar-refractivity contribution in [3.8, 4) is 5.75 Å². The average molecular weight is 388 g/mol. The molecule has 0 radical (unpaired) electrons. The van der Waals surface area contributed by atoms with Gasteiger partial charge in [0.15, 0.2) is 5.96 Å². The largest absolute Gasteiger partial charge is 0.493 e. The minimum Gasteiger partial charge on any atom is -0.493 e. The Balaban J connectivity index is 1.48. The Kier molecular flexibility index (Phi) is 8.42. The molecule has 0 bridgehead atoms. The van der Waals surface area contributed by atoms with Gasteiger partial charge in [0.1, 0.15) is 5.75 Å². The topological polar surface area (TPSA) is 52.1 Å². The Morgan fingerprint density at radius 3 is 2.82 bits per heavy atom. The van der Waals surface area contributed by atoms with E-state index in [1.165, 1.54) is 32.4 Å². The van der Waals surface area contributed by atoms with Crippen LogP contribution in [0.2, 0.25) is 0 Å². The molecular formula is C22H37N5O. The lowest BCUT2D eigenvalue weighted by atomic mass is 10.2. The van der Waals surface area contributed by atoms with Crippen LogP contribution >= 0.6 is 0 Å². The molecule has 0 atom stereocenters. The predicted octanol–water partition coefficient (Wildman–Crippen LogP) is 2.17. The van der Waals surface area contributed by atoms with Crippen LogP contribution in [0.1, 0.15) is 31.7 Å². The molecular weight excluding hydrogens is 350 g/mol. The van der Waals surface area contributed by atoms with Gasteiger partial charge in [-0.2, -0.15) is 0 Å². The monoisotopic (exact) mass is 387 g/mol. The first kappa shape index (κ1) is 20.9. The molecule has 28 heavy (non-hydrogen) atoms. The molecule has 156 valence electrons. The van der Waals surface area contributed by atoms with Crippen molar-refractivity contribution in [1.29, 1.82) is 0 Å². The zero-order chi connectivity index (χ0) is 19.6. The summed E-state index contributed by atoms with van der Waals surface area (Å²) in [5.74, 6) is 2.61. The van der Waals surface area contributed by atoms with Gasteiger partial charge < -0.3 is 25.2 Å². The van der Waals surface area contributed by atoms with Gasteiger partial charge in [-0.05, 0) is 58.3 Å². The van der Waals surface area contributed by atoms with Crippen LogP contribution in [0, 0.1) is 5.92 Å². The highest BCUT2D eigenvalue weighted by atomic mass is 16.5. The number of benzene rings is 1. The third-order valence-electron chi connectivity index (χ3n) is 5.43. The standard InChI is InChI=1S/C22H37N5O/c1-3-23-22(24-11-14-27-13-6-12-26(2)15-16-27)25-17-20-7-4-5-8-21(20)28-18-19-9-10-19/h4-5,7-8,19H,3,6,9-18H2,1-2H3,(H2,23,24,25). The third kappa shape index (κ3) is 7.32. The zero-order valence-electron chi connectivity index (χ0n) is 17.6. The fraction of sp³-hybridized carbons (Fsp3) is 0.682. The highest BCUT2D eigenvalue weighted by molar-refractivity contribution is 5.79. The highest BCUT2D eigenvalue weighted by Crippen LogP contribution is 2.30. The summed E-state index contributed by atoms with van der Waals surface area (Å²) >= 11 is 0. The summed E-state index contributed by atoms with van der Waals surface area (Å²) in [6, 6.07) is 8.27. The Hall–Kier alpha value is -1.79. The Morgan fingerprint density at radius 2 is 2.00 bits per heavy atom. The fourth-order valence-corrected chi connectivity index (χ4v) is 3.43. The van der Waals surface area contributed by atoms with Gasteiger partial charge in [0.25, 0.3) is 0 Å². The summed E-state index contributed by atoms with van der Waals surface area (Å²) < 4.78 is 6.01. The summed E-state index contributed by atoms with van der Waals surface area (Å²) in [6.07, 6.45) is 3.87. The van der Waals surface area contributed by atoms with E-state index < -0.39 is 0 Å². The minimum atomic E-state index is 0.630. The van der Waals surface area contributed by atoms with Crippen molar-refractivity contribution >= 4 is 5.96 Å². The van der Waals surface area contributed by atoms with Crippen LogP contribution in [0.25, 0.3) is 0 Å². The second-order valence-electron chi connectivity index (χ2n) is 7.98. The van der Waals surface area contributed by atoms with Crippen molar-refractivity contribution in [1.82, 2.24) is 20.4 Å². The molecule has 6 heteroatoms. The first-order chi connectivity index (χ1) is 13.7. The van der Waals surface area contributed by atoms with Crippen molar-refractivity contribution in [3.63, 3.8) is 0 Å². The summed E-state index contributed by atoms with van der Waals surface area (Å²) in [5.41, 5.74) is 1.15. The Morgan fingerprint density at radius 1 is 1.14 bits per heavy atom. The van der Waals surface area contributed by atoms with Crippen LogP contribution in [-0.4, -0.2) is 75.2 Å². The van der Waals surface area contributed by atoms with E-state index >= 15 is 0 Å². The maximum Gasteiger partial charge on any atom is 0.191 e. The van der Waals surface area contributed by atoms with Gasteiger partial charge in [0, 0.05) is 38.3 Å². The Bertz CT molecular complexity index is 617. The van der Waals surface area contributed by atoms with Gasteiger partial charge in [-0.25, -0.2) is 4.99 Å². The molecule has 3 rings (SSSR count). The van der Waals surface area contributed by atoms with Crippen LogP contribution in [0.15, 0.2) is 29.3 Å². The first-order valence-corrected chi connectivity index (χ1v) is 10.9. The molecule has 0 aromatic heterocycles. The van der Waals surface area contributed by atoms with Gasteiger partial charge in [0.2, 0.25) is 0 Å². The van der Waals surface area contributed by atoms with Crippen LogP contribution in [-0.2, 0) is 6.54 Å². The summed E-state index contributed by atoms with van der Waals surface area (Å²) in [6.45, 7) is 11.1. The summed E-state index contributed by atoms with van der Waals surface area (Å²) in [7, 11) is 2.21. The highest BCUT2D eigenvalue weighted by Gasteiger charge is 2.22. The van der Waals surface area contributed by atoms with Crippen molar-refractivity contribution < 1.29 is 4.74 Å². The van der Waals surface area contributed by atoms with Crippen LogP contribution in [0.5, 0.6) is 5.75 Å². The number of hydrogen-bond acceptors (Lipinski definition) is 4. The van der Waals surface area contributed by atoms with Crippen molar-refractivity contribution in [2.75, 3.05) is 59.5 Å². The number of nitrogens with one attached hydrogen (secondary N) is 2. The van der Waals surface area contributed by atoms with Gasteiger partial charge in [-0.1, -0.05) is 18.2 Å². The molecule has 1 aromatic carbocycles. The predicted molar refractivity (Wildman–Crippen MR) is 116 cm³/mol. The first-order valence-electron chi connectivity index (χ1n) is 10.9. The van der Waals surface area contributed by atoms with Gasteiger partial charge in [-0.15, -0.1) is 0 Å². The second-order valence-corrected chi connectivity index (χ2v) is 7.98. The lowest BCUT2D eigenvalue weighted by Gasteiger charge is -2.21. The van der Waals surface area contributed by atoms with Crippen molar-refractivity contribution in [3.05, 3.63) is 29.8 Å². The van der Waals surface area contributed by atoms with E-state index in [1.54, 1.807) is 0 Å². The maximum absolute atomic E-state index is 6.01. The molecule has 1 saturated carbocycles. The quantitative estimate of drug-likeness (QED) is 0.502. The maximum atomic E-state index is 6.01. The van der Waals surface area contributed by atoms with Crippen LogP contribution in [0.3, 0.4) is 0 Å². The number of guanidine groups is 1. The fourth-order valence-electron chi connectivity index (χ4n) is 3.43. The average Bonchev–Trinajstić information content (AvgIpc) is 3.54. The smallest absolute Gasteiger partial charge is 0.191 e. The zero-order valence-corrected chi connectivity index (χ0v) is 17.6. The number of hydrogen-bond donors (Lipinski definition) is 2. The number of rotatable bonds is 9. The molecule has 0 spiro atoms. The number of ether oxygens (including phenoxy) is 1. The number of likely N-dealkylation sites (N-methyl/N-ethyl adjacent to an activating group) is 1. The van der Waals surface area contributed by atoms with Crippen LogP contribution in [0.4, 0.5) is 0 Å². The lowest BCUT2D eigenvalue weighted by molar-refractivity contribution is 0.280. The SMILES string of the molecule is CCNC(=NCc1ccccc1OCC1CC1)NCCN1CCCN(C)CC1. The molecule has 0 unspecified atom stereocenters. The molecule has 6 nitrogen and oxygen atoms in total. The normalized spacial score (nSPS) is 19.3. The van der Waals surface area contributed by atoms with Gasteiger partial charge in [0.05, 0.1) is 13.2 Å². The Labute approximate surface area is 170 Å². The van der Waals surface area contributed by atoms with E-state index in [0.29, 0.717) is 6.54 Å². The molecule has 1 heterocycles.